The molecule has 9 heteroatoms. The van der Waals surface area contributed by atoms with E-state index in [4.69, 9.17) is 0 Å². The zero-order valence-electron chi connectivity index (χ0n) is 8.96. The lowest BCUT2D eigenvalue weighted by Gasteiger charge is -2.18. The number of nitrogens with one attached hydrogen (secondary N) is 1. The fraction of sp³-hybridized carbons (Fsp3) is 0.200. The van der Waals surface area contributed by atoms with E-state index >= 15 is 0 Å². The molecule has 1 heterocycles. The largest absolute Gasteiger partial charge is 0.463 e. The molecular formula is C10H5F5N2OS. The van der Waals surface area contributed by atoms with Crippen molar-refractivity contribution in [1.29, 1.82) is 0 Å². The number of carbonyl (C=O) groups excluding carboxylic acids is 1. The molecule has 1 aromatic heterocycles. The summed E-state index contributed by atoms with van der Waals surface area (Å²) in [5, 5.41) is 1.54. The van der Waals surface area contributed by atoms with Crippen molar-refractivity contribution >= 4 is 33.1 Å². The number of hydrogen-bond acceptors (Lipinski definition) is 3. The zero-order valence-corrected chi connectivity index (χ0v) is 9.78. The average Bonchev–Trinajstić information content (AvgIpc) is 2.74. The monoisotopic (exact) mass is 296 g/mol. The molecule has 19 heavy (non-hydrogen) atoms. The van der Waals surface area contributed by atoms with Crippen LogP contribution in [0.2, 0.25) is 0 Å². The Bertz CT molecular complexity index is 622. The summed E-state index contributed by atoms with van der Waals surface area (Å²) in [5.74, 6) is -7.85. The summed E-state index contributed by atoms with van der Waals surface area (Å²) in [6.07, 6.45) is -5.92. The lowest BCUT2D eigenvalue weighted by molar-refractivity contribution is -0.267. The topological polar surface area (TPSA) is 42.0 Å². The first-order valence-corrected chi connectivity index (χ1v) is 5.69. The zero-order chi connectivity index (χ0) is 14.3. The van der Waals surface area contributed by atoms with E-state index < -0.39 is 18.0 Å². The highest BCUT2D eigenvalue weighted by atomic mass is 32.1. The third-order valence-corrected chi connectivity index (χ3v) is 3.02. The molecule has 0 aliphatic heterocycles. The number of aromatic nitrogens is 1. The summed E-state index contributed by atoms with van der Waals surface area (Å²) >= 11 is 1.17. The average molecular weight is 296 g/mol. The van der Waals surface area contributed by atoms with Gasteiger partial charge in [0.15, 0.2) is 0 Å². The first-order chi connectivity index (χ1) is 8.72. The van der Waals surface area contributed by atoms with Crippen LogP contribution in [-0.4, -0.2) is 23.0 Å². The Balaban J connectivity index is 2.23. The van der Waals surface area contributed by atoms with Crippen molar-refractivity contribution in [1.82, 2.24) is 4.98 Å². The van der Waals surface area contributed by atoms with Gasteiger partial charge in [0.25, 0.3) is 0 Å². The molecule has 0 unspecified atom stereocenters. The highest BCUT2D eigenvalue weighted by Gasteiger charge is 2.63. The van der Waals surface area contributed by atoms with E-state index in [-0.39, 0.29) is 5.69 Å². The molecular weight excluding hydrogens is 291 g/mol. The molecule has 0 spiro atoms. The third kappa shape index (κ3) is 2.50. The smallest absolute Gasteiger partial charge is 0.320 e. The number of benzene rings is 1. The van der Waals surface area contributed by atoms with Gasteiger partial charge in [0.2, 0.25) is 0 Å². The molecule has 1 N–H and O–H groups in total. The predicted molar refractivity (Wildman–Crippen MR) is 59.3 cm³/mol. The SMILES string of the molecule is O=C(Nc1ccc2ncsc2c1)C(F)(F)C(F)(F)F. The maximum atomic E-state index is 12.7. The van der Waals surface area contributed by atoms with Gasteiger partial charge in [0.05, 0.1) is 15.7 Å². The summed E-state index contributed by atoms with van der Waals surface area (Å²) in [6, 6.07) is 3.89. The molecule has 3 nitrogen and oxygen atoms in total. The Hall–Kier alpha value is -1.77. The van der Waals surface area contributed by atoms with Crippen molar-refractivity contribution in [2.24, 2.45) is 0 Å². The van der Waals surface area contributed by atoms with Crippen molar-refractivity contribution in [3.05, 3.63) is 23.7 Å². The van der Waals surface area contributed by atoms with Gasteiger partial charge in [-0.15, -0.1) is 11.3 Å². The van der Waals surface area contributed by atoms with Gasteiger partial charge in [0, 0.05) is 5.69 Å². The minimum atomic E-state index is -5.92. The van der Waals surface area contributed by atoms with Crippen LogP contribution in [0.5, 0.6) is 0 Å². The Morgan fingerprint density at radius 2 is 1.89 bits per heavy atom. The molecule has 0 saturated carbocycles. The fourth-order valence-electron chi connectivity index (χ4n) is 1.27. The number of amides is 1. The van der Waals surface area contributed by atoms with Crippen LogP contribution in [-0.2, 0) is 4.79 Å². The molecule has 102 valence electrons. The highest BCUT2D eigenvalue weighted by molar-refractivity contribution is 7.16. The highest BCUT2D eigenvalue weighted by Crippen LogP contribution is 2.36. The molecule has 0 aliphatic carbocycles. The molecule has 0 saturated heterocycles. The van der Waals surface area contributed by atoms with Crippen LogP contribution in [0.3, 0.4) is 0 Å². The lowest BCUT2D eigenvalue weighted by Crippen LogP contribution is -2.47. The van der Waals surface area contributed by atoms with Gasteiger partial charge in [0.1, 0.15) is 0 Å². The number of halogens is 5. The quantitative estimate of drug-likeness (QED) is 0.863. The second-order valence-electron chi connectivity index (χ2n) is 3.56. The number of thiazole rings is 1. The normalized spacial score (nSPS) is 12.7. The molecule has 0 bridgehead atoms. The number of rotatable bonds is 2. The van der Waals surface area contributed by atoms with E-state index in [0.717, 1.165) is 0 Å². The van der Waals surface area contributed by atoms with E-state index in [9.17, 15) is 26.7 Å². The number of hydrogen-bond donors (Lipinski definition) is 1. The molecule has 0 radical (unpaired) electrons. The molecule has 2 aromatic rings. The summed E-state index contributed by atoms with van der Waals surface area (Å²) in [4.78, 5) is 14.9. The van der Waals surface area contributed by atoms with Crippen LogP contribution in [0, 0.1) is 0 Å². The van der Waals surface area contributed by atoms with Crippen molar-refractivity contribution < 1.29 is 26.7 Å². The summed E-state index contributed by atoms with van der Waals surface area (Å²) in [6.45, 7) is 0. The number of fused-ring (bicyclic) bond motifs is 1. The van der Waals surface area contributed by atoms with Gasteiger partial charge in [-0.1, -0.05) is 0 Å². The first-order valence-electron chi connectivity index (χ1n) is 4.81. The summed E-state index contributed by atoms with van der Waals surface area (Å²) in [5.41, 5.74) is 1.90. The van der Waals surface area contributed by atoms with Crippen LogP contribution in [0.1, 0.15) is 0 Å². The Morgan fingerprint density at radius 1 is 1.21 bits per heavy atom. The Labute approximate surface area is 107 Å². The van der Waals surface area contributed by atoms with Crippen LogP contribution >= 0.6 is 11.3 Å². The number of carbonyl (C=O) groups is 1. The number of nitrogens with zero attached hydrogens (tertiary/aromatic N) is 1. The number of alkyl halides is 5. The minimum absolute atomic E-state index is 0.148. The van der Waals surface area contributed by atoms with Crippen molar-refractivity contribution in [2.45, 2.75) is 12.1 Å². The van der Waals surface area contributed by atoms with E-state index in [2.05, 4.69) is 4.98 Å². The van der Waals surface area contributed by atoms with Gasteiger partial charge in [-0.3, -0.25) is 4.79 Å². The first kappa shape index (κ1) is 13.7. The molecule has 2 rings (SSSR count). The van der Waals surface area contributed by atoms with Crippen LogP contribution in [0.15, 0.2) is 23.7 Å². The van der Waals surface area contributed by atoms with Gasteiger partial charge in [-0.05, 0) is 18.2 Å². The summed E-state index contributed by atoms with van der Waals surface area (Å²) < 4.78 is 61.9. The van der Waals surface area contributed by atoms with Gasteiger partial charge >= 0.3 is 18.0 Å². The second-order valence-corrected chi connectivity index (χ2v) is 4.45. The van der Waals surface area contributed by atoms with E-state index in [1.54, 1.807) is 5.32 Å². The van der Waals surface area contributed by atoms with E-state index in [1.165, 1.54) is 35.0 Å². The minimum Gasteiger partial charge on any atom is -0.320 e. The lowest BCUT2D eigenvalue weighted by atomic mass is 10.2. The van der Waals surface area contributed by atoms with Gasteiger partial charge < -0.3 is 5.32 Å². The van der Waals surface area contributed by atoms with E-state index in [1.807, 2.05) is 0 Å². The van der Waals surface area contributed by atoms with Crippen LogP contribution in [0.25, 0.3) is 10.2 Å². The van der Waals surface area contributed by atoms with E-state index in [0.29, 0.717) is 10.2 Å². The summed E-state index contributed by atoms with van der Waals surface area (Å²) in [7, 11) is 0. The number of anilines is 1. The van der Waals surface area contributed by atoms with Crippen molar-refractivity contribution in [2.75, 3.05) is 5.32 Å². The van der Waals surface area contributed by atoms with Crippen molar-refractivity contribution in [3.8, 4) is 0 Å². The third-order valence-electron chi connectivity index (χ3n) is 2.23. The Kier molecular flexibility index (Phi) is 3.17. The fourth-order valence-corrected chi connectivity index (χ4v) is 1.99. The molecule has 0 atom stereocenters. The maximum Gasteiger partial charge on any atom is 0.463 e. The molecule has 1 aromatic carbocycles. The molecule has 1 amide bonds. The predicted octanol–water partition coefficient (Wildman–Crippen LogP) is 3.43. The Morgan fingerprint density at radius 3 is 2.53 bits per heavy atom. The second kappa shape index (κ2) is 4.41. The van der Waals surface area contributed by atoms with Gasteiger partial charge in [-0.25, -0.2) is 4.98 Å². The molecule has 0 fully saturated rings. The van der Waals surface area contributed by atoms with Crippen LogP contribution < -0.4 is 5.32 Å². The van der Waals surface area contributed by atoms with Gasteiger partial charge in [-0.2, -0.15) is 22.0 Å². The van der Waals surface area contributed by atoms with Crippen molar-refractivity contribution in [3.63, 3.8) is 0 Å². The maximum absolute atomic E-state index is 12.7. The standard InChI is InChI=1S/C10H5F5N2OS/c11-9(12,10(13,14)15)8(18)17-5-1-2-6-7(3-5)19-4-16-6/h1-4H,(H,17,18). The molecule has 0 aliphatic rings. The van der Waals surface area contributed by atoms with Crippen LogP contribution in [0.4, 0.5) is 27.6 Å².